The molecule has 0 saturated heterocycles. The van der Waals surface area contributed by atoms with Crippen LogP contribution in [0.1, 0.15) is 15.9 Å². The molecule has 4 rings (SSSR count). The number of phenolic OH excluding ortho intramolecular Hbond substituents is 1. The van der Waals surface area contributed by atoms with Crippen molar-refractivity contribution in [1.82, 2.24) is 5.43 Å². The lowest BCUT2D eigenvalue weighted by Gasteiger charge is -2.06. The molecule has 1 heterocycles. The second-order valence-electron chi connectivity index (χ2n) is 5.94. The van der Waals surface area contributed by atoms with Crippen LogP contribution in [0.3, 0.4) is 0 Å². The maximum absolute atomic E-state index is 12.3. The number of carbonyl (C=O) groups is 1. The van der Waals surface area contributed by atoms with Crippen LogP contribution in [0.25, 0.3) is 10.8 Å². The molecule has 0 aromatic heterocycles. The summed E-state index contributed by atoms with van der Waals surface area (Å²) in [6, 6.07) is 12.9. The molecule has 0 atom stereocenters. The molecule has 28 heavy (non-hydrogen) atoms. The van der Waals surface area contributed by atoms with Gasteiger partial charge < -0.3 is 14.6 Å². The summed E-state index contributed by atoms with van der Waals surface area (Å²) in [4.78, 5) is 23.0. The Morgan fingerprint density at radius 1 is 1.14 bits per heavy atom. The predicted octanol–water partition coefficient (Wildman–Crippen LogP) is 2.95. The summed E-state index contributed by atoms with van der Waals surface area (Å²) >= 11 is 0. The average molecular weight is 379 g/mol. The van der Waals surface area contributed by atoms with Crippen LogP contribution in [-0.2, 0) is 0 Å². The number of hydrogen-bond acceptors (Lipinski definition) is 7. The van der Waals surface area contributed by atoms with E-state index >= 15 is 0 Å². The van der Waals surface area contributed by atoms with Crippen molar-refractivity contribution in [2.75, 3.05) is 6.79 Å². The average Bonchev–Trinajstić information content (AvgIpc) is 3.14. The van der Waals surface area contributed by atoms with Crippen LogP contribution in [0.4, 0.5) is 5.69 Å². The number of carbonyl (C=O) groups excluding carboxylic acids is 1. The van der Waals surface area contributed by atoms with E-state index in [1.807, 2.05) is 24.3 Å². The van der Waals surface area contributed by atoms with Crippen LogP contribution < -0.4 is 14.9 Å². The number of fused-ring (bicyclic) bond motifs is 2. The van der Waals surface area contributed by atoms with Crippen LogP contribution in [0.5, 0.6) is 17.2 Å². The van der Waals surface area contributed by atoms with Gasteiger partial charge in [-0.25, -0.2) is 5.43 Å². The van der Waals surface area contributed by atoms with Crippen molar-refractivity contribution < 1.29 is 24.3 Å². The lowest BCUT2D eigenvalue weighted by atomic mass is 10.1. The number of amides is 1. The molecule has 9 nitrogen and oxygen atoms in total. The fourth-order valence-electron chi connectivity index (χ4n) is 2.84. The first kappa shape index (κ1) is 17.3. The first-order valence-electron chi connectivity index (χ1n) is 8.16. The number of aromatic hydroxyl groups is 1. The molecule has 1 amide bonds. The standard InChI is InChI=1S/C19H13N3O6/c23-16-6-12-4-2-1-3-11(12)5-14(16)19(24)21-20-9-13-7-17-18(28-10-27-17)8-15(13)22(25)26/h1-9,23H,10H2,(H,21,24). The molecule has 1 aliphatic heterocycles. The number of ether oxygens (including phenoxy) is 2. The molecule has 1 aliphatic rings. The lowest BCUT2D eigenvalue weighted by Crippen LogP contribution is -2.17. The van der Waals surface area contributed by atoms with Crippen LogP contribution in [0.15, 0.2) is 53.6 Å². The van der Waals surface area contributed by atoms with Gasteiger partial charge in [0.05, 0.1) is 28.3 Å². The molecule has 0 unspecified atom stereocenters. The third kappa shape index (κ3) is 3.16. The monoisotopic (exact) mass is 379 g/mol. The summed E-state index contributed by atoms with van der Waals surface area (Å²) < 4.78 is 10.3. The first-order chi connectivity index (χ1) is 13.5. The Labute approximate surface area is 158 Å². The van der Waals surface area contributed by atoms with E-state index in [4.69, 9.17) is 9.47 Å². The zero-order valence-electron chi connectivity index (χ0n) is 14.3. The Morgan fingerprint density at radius 2 is 1.82 bits per heavy atom. The van der Waals surface area contributed by atoms with Crippen molar-refractivity contribution in [2.24, 2.45) is 5.10 Å². The van der Waals surface area contributed by atoms with E-state index in [-0.39, 0.29) is 35.1 Å². The van der Waals surface area contributed by atoms with Gasteiger partial charge in [0.1, 0.15) is 5.75 Å². The maximum atomic E-state index is 12.3. The highest BCUT2D eigenvalue weighted by Crippen LogP contribution is 2.37. The summed E-state index contributed by atoms with van der Waals surface area (Å²) in [7, 11) is 0. The third-order valence-electron chi connectivity index (χ3n) is 4.20. The van der Waals surface area contributed by atoms with Gasteiger partial charge in [-0.15, -0.1) is 0 Å². The second kappa shape index (κ2) is 6.88. The van der Waals surface area contributed by atoms with Gasteiger partial charge in [0.2, 0.25) is 6.79 Å². The number of nitrogens with zero attached hydrogens (tertiary/aromatic N) is 2. The van der Waals surface area contributed by atoms with E-state index in [1.165, 1.54) is 18.2 Å². The Bertz CT molecular complexity index is 1140. The molecular weight excluding hydrogens is 366 g/mol. The third-order valence-corrected chi connectivity index (χ3v) is 4.20. The summed E-state index contributed by atoms with van der Waals surface area (Å²) in [5, 5.41) is 26.7. The number of nitro benzene ring substituents is 1. The molecule has 2 N–H and O–H groups in total. The smallest absolute Gasteiger partial charge is 0.282 e. The Kier molecular flexibility index (Phi) is 4.24. The Balaban J connectivity index is 1.58. The molecule has 9 heteroatoms. The number of rotatable bonds is 4. The van der Waals surface area contributed by atoms with Gasteiger partial charge in [0, 0.05) is 0 Å². The SMILES string of the molecule is O=C(NN=Cc1cc2c(cc1[N+](=O)[O-])OCO2)c1cc2ccccc2cc1O. The van der Waals surface area contributed by atoms with Gasteiger partial charge in [-0.1, -0.05) is 24.3 Å². The molecule has 3 aromatic rings. The van der Waals surface area contributed by atoms with Gasteiger partial charge in [-0.3, -0.25) is 14.9 Å². The normalized spacial score (nSPS) is 12.4. The fraction of sp³-hybridized carbons (Fsp3) is 0.0526. The van der Waals surface area contributed by atoms with Crippen molar-refractivity contribution in [2.45, 2.75) is 0 Å². The summed E-state index contributed by atoms with van der Waals surface area (Å²) in [5.41, 5.74) is 2.20. The molecule has 0 fully saturated rings. The van der Waals surface area contributed by atoms with Crippen LogP contribution >= 0.6 is 0 Å². The number of nitrogens with one attached hydrogen (secondary N) is 1. The maximum Gasteiger partial charge on any atom is 0.282 e. The molecule has 140 valence electrons. The number of hydrogen-bond donors (Lipinski definition) is 2. The largest absolute Gasteiger partial charge is 0.507 e. The van der Waals surface area contributed by atoms with Gasteiger partial charge in [-0.2, -0.15) is 5.10 Å². The van der Waals surface area contributed by atoms with Crippen molar-refractivity contribution in [3.63, 3.8) is 0 Å². The number of nitro groups is 1. The zero-order valence-corrected chi connectivity index (χ0v) is 14.3. The highest BCUT2D eigenvalue weighted by molar-refractivity contribution is 6.02. The van der Waals surface area contributed by atoms with Crippen LogP contribution in [0.2, 0.25) is 0 Å². The molecular formula is C19H13N3O6. The van der Waals surface area contributed by atoms with Gasteiger partial charge in [0.15, 0.2) is 11.5 Å². The van der Waals surface area contributed by atoms with Crippen LogP contribution in [-0.4, -0.2) is 28.9 Å². The van der Waals surface area contributed by atoms with E-state index in [1.54, 1.807) is 6.07 Å². The molecule has 0 radical (unpaired) electrons. The van der Waals surface area contributed by atoms with Crippen LogP contribution in [0, 0.1) is 10.1 Å². The van der Waals surface area contributed by atoms with Crippen molar-refractivity contribution in [3.05, 3.63) is 69.8 Å². The van der Waals surface area contributed by atoms with E-state index in [9.17, 15) is 20.0 Å². The lowest BCUT2D eigenvalue weighted by molar-refractivity contribution is -0.385. The second-order valence-corrected chi connectivity index (χ2v) is 5.94. The minimum Gasteiger partial charge on any atom is -0.507 e. The molecule has 0 bridgehead atoms. The van der Waals surface area contributed by atoms with E-state index in [2.05, 4.69) is 10.5 Å². The topological polar surface area (TPSA) is 123 Å². The number of benzene rings is 3. The van der Waals surface area contributed by atoms with Crippen molar-refractivity contribution in [3.8, 4) is 17.2 Å². The predicted molar refractivity (Wildman–Crippen MR) is 99.9 cm³/mol. The fourth-order valence-corrected chi connectivity index (χ4v) is 2.84. The molecule has 0 spiro atoms. The van der Waals surface area contributed by atoms with Gasteiger partial charge in [0.25, 0.3) is 11.6 Å². The number of hydrazone groups is 1. The number of phenols is 1. The van der Waals surface area contributed by atoms with E-state index in [0.717, 1.165) is 17.0 Å². The zero-order chi connectivity index (χ0) is 19.7. The molecule has 0 saturated carbocycles. The molecule has 3 aromatic carbocycles. The quantitative estimate of drug-likeness (QED) is 0.408. The first-order valence-corrected chi connectivity index (χ1v) is 8.16. The summed E-state index contributed by atoms with van der Waals surface area (Å²) in [6.07, 6.45) is 1.14. The minimum absolute atomic E-state index is 0.0228. The van der Waals surface area contributed by atoms with Crippen molar-refractivity contribution in [1.29, 1.82) is 0 Å². The Hall–Kier alpha value is -4.14. The van der Waals surface area contributed by atoms with Gasteiger partial charge in [-0.05, 0) is 29.0 Å². The van der Waals surface area contributed by atoms with Crippen molar-refractivity contribution >= 4 is 28.6 Å². The Morgan fingerprint density at radius 3 is 2.54 bits per heavy atom. The highest BCUT2D eigenvalue weighted by atomic mass is 16.7. The highest BCUT2D eigenvalue weighted by Gasteiger charge is 2.22. The summed E-state index contributed by atoms with van der Waals surface area (Å²) in [6.45, 7) is -0.0228. The van der Waals surface area contributed by atoms with E-state index < -0.39 is 10.8 Å². The molecule has 0 aliphatic carbocycles. The summed E-state index contributed by atoms with van der Waals surface area (Å²) in [5.74, 6) is -0.220. The van der Waals surface area contributed by atoms with Gasteiger partial charge >= 0.3 is 0 Å². The van der Waals surface area contributed by atoms with E-state index in [0.29, 0.717) is 5.75 Å². The minimum atomic E-state index is -0.650.